The van der Waals surface area contributed by atoms with Crippen LogP contribution in [0.5, 0.6) is 0 Å². The Hall–Kier alpha value is -2.55. The number of para-hydroxylation sites is 2. The second-order valence-corrected chi connectivity index (χ2v) is 4.26. The molecule has 94 valence electrons. The van der Waals surface area contributed by atoms with Gasteiger partial charge in [0, 0.05) is 11.3 Å². The second kappa shape index (κ2) is 4.61. The third-order valence-electron chi connectivity index (χ3n) is 3.12. The highest BCUT2D eigenvalue weighted by Crippen LogP contribution is 2.40. The lowest BCUT2D eigenvalue weighted by Crippen LogP contribution is -2.20. The van der Waals surface area contributed by atoms with E-state index >= 15 is 0 Å². The quantitative estimate of drug-likeness (QED) is 0.605. The Bertz CT molecular complexity index is 647. The maximum absolute atomic E-state index is 12.5. The van der Waals surface area contributed by atoms with Crippen LogP contribution in [0, 0.1) is 0 Å². The molecule has 0 bridgehead atoms. The predicted molar refractivity (Wildman–Crippen MR) is 75.0 cm³/mol. The van der Waals surface area contributed by atoms with Crippen molar-refractivity contribution in [2.75, 3.05) is 12.0 Å². The number of fused-ring (bicyclic) bond motifs is 1. The molecule has 0 aliphatic carbocycles. The average molecular weight is 251 g/mol. The first-order valence-electron chi connectivity index (χ1n) is 6.05. The van der Waals surface area contributed by atoms with Crippen LogP contribution in [-0.2, 0) is 9.53 Å². The molecule has 0 radical (unpaired) electrons. The molecule has 2 aromatic carbocycles. The largest absolute Gasteiger partial charge is 0.504 e. The Kier molecular flexibility index (Phi) is 2.80. The van der Waals surface area contributed by atoms with Crippen molar-refractivity contribution in [1.29, 1.82) is 0 Å². The van der Waals surface area contributed by atoms with Gasteiger partial charge in [0.25, 0.3) is 5.91 Å². The fourth-order valence-corrected chi connectivity index (χ4v) is 2.31. The van der Waals surface area contributed by atoms with E-state index in [1.807, 2.05) is 54.6 Å². The maximum Gasteiger partial charge on any atom is 0.266 e. The number of carbonyl (C=O) groups excluding carboxylic acids is 1. The van der Waals surface area contributed by atoms with Gasteiger partial charge in [-0.2, -0.15) is 0 Å². The molecule has 19 heavy (non-hydrogen) atoms. The van der Waals surface area contributed by atoms with Crippen LogP contribution in [0.2, 0.25) is 0 Å². The van der Waals surface area contributed by atoms with Crippen LogP contribution < -0.4 is 4.90 Å². The Balaban J connectivity index is 2.18. The molecule has 0 spiro atoms. The molecular formula is C16H13NO2. The summed E-state index contributed by atoms with van der Waals surface area (Å²) in [4.78, 5) is 14.2. The molecule has 0 atom stereocenters. The lowest BCUT2D eigenvalue weighted by molar-refractivity contribution is -0.112. The number of ether oxygens (including phenoxy) is 1. The molecule has 0 unspecified atom stereocenters. The monoisotopic (exact) mass is 251 g/mol. The number of benzene rings is 2. The van der Waals surface area contributed by atoms with E-state index in [2.05, 4.69) is 0 Å². The number of hydrogen-bond donors (Lipinski definition) is 0. The Morgan fingerprint density at radius 2 is 1.68 bits per heavy atom. The smallest absolute Gasteiger partial charge is 0.266 e. The molecule has 1 heterocycles. The summed E-state index contributed by atoms with van der Waals surface area (Å²) in [5, 5.41) is 0. The summed E-state index contributed by atoms with van der Waals surface area (Å²) in [6.45, 7) is 0. The molecule has 3 rings (SSSR count). The van der Waals surface area contributed by atoms with Gasteiger partial charge in [0.1, 0.15) is 0 Å². The summed E-state index contributed by atoms with van der Waals surface area (Å²) in [5.41, 5.74) is 3.24. The average Bonchev–Trinajstić information content (AvgIpc) is 2.73. The molecule has 0 saturated carbocycles. The molecule has 3 heteroatoms. The van der Waals surface area contributed by atoms with Gasteiger partial charge in [-0.05, 0) is 18.2 Å². The summed E-state index contributed by atoms with van der Waals surface area (Å²) >= 11 is 0. The van der Waals surface area contributed by atoms with Gasteiger partial charge in [-0.25, -0.2) is 0 Å². The van der Waals surface area contributed by atoms with E-state index in [0.29, 0.717) is 5.57 Å². The minimum absolute atomic E-state index is 0.0609. The van der Waals surface area contributed by atoms with Crippen molar-refractivity contribution in [2.24, 2.45) is 0 Å². The number of nitrogens with zero attached hydrogens (tertiary/aromatic N) is 1. The number of anilines is 2. The van der Waals surface area contributed by atoms with E-state index in [9.17, 15) is 4.79 Å². The molecular weight excluding hydrogens is 238 g/mol. The normalized spacial score (nSPS) is 15.7. The fourth-order valence-electron chi connectivity index (χ4n) is 2.31. The first-order chi connectivity index (χ1) is 9.33. The van der Waals surface area contributed by atoms with E-state index in [0.717, 1.165) is 16.9 Å². The van der Waals surface area contributed by atoms with Gasteiger partial charge in [-0.3, -0.25) is 9.69 Å². The lowest BCUT2D eigenvalue weighted by Gasteiger charge is -2.16. The molecule has 2 aromatic rings. The molecule has 1 aliphatic heterocycles. The number of hydrogen-bond acceptors (Lipinski definition) is 2. The van der Waals surface area contributed by atoms with Crippen molar-refractivity contribution in [3.63, 3.8) is 0 Å². The highest BCUT2D eigenvalue weighted by atomic mass is 16.5. The van der Waals surface area contributed by atoms with Crippen molar-refractivity contribution < 1.29 is 9.53 Å². The van der Waals surface area contributed by atoms with E-state index in [1.165, 1.54) is 6.26 Å². The first-order valence-corrected chi connectivity index (χ1v) is 6.05. The lowest BCUT2D eigenvalue weighted by atomic mass is 10.1. The van der Waals surface area contributed by atoms with Crippen LogP contribution in [0.25, 0.3) is 5.57 Å². The zero-order valence-electron chi connectivity index (χ0n) is 10.5. The summed E-state index contributed by atoms with van der Waals surface area (Å²) in [6, 6.07) is 17.3. The van der Waals surface area contributed by atoms with Gasteiger partial charge >= 0.3 is 0 Å². The number of amides is 1. The van der Waals surface area contributed by atoms with Crippen molar-refractivity contribution in [1.82, 2.24) is 0 Å². The van der Waals surface area contributed by atoms with Crippen LogP contribution in [0.15, 0.2) is 60.9 Å². The third kappa shape index (κ3) is 1.80. The standard InChI is InChI=1S/C16H13NO2/c1-19-11-14-13-9-5-6-10-15(13)17(16(14)18)12-7-3-2-4-8-12/h2-11H,1H3/b14-11+. The van der Waals surface area contributed by atoms with Gasteiger partial charge in [0.15, 0.2) is 0 Å². The first kappa shape index (κ1) is 11.5. The SMILES string of the molecule is CO/C=C1/C(=O)N(c2ccccc2)c2ccccc21. The highest BCUT2D eigenvalue weighted by molar-refractivity contribution is 6.34. The zero-order valence-corrected chi connectivity index (χ0v) is 10.5. The summed E-state index contributed by atoms with van der Waals surface area (Å²) in [6.07, 6.45) is 1.50. The topological polar surface area (TPSA) is 29.5 Å². The van der Waals surface area contributed by atoms with E-state index < -0.39 is 0 Å². The number of rotatable bonds is 2. The minimum Gasteiger partial charge on any atom is -0.504 e. The van der Waals surface area contributed by atoms with E-state index in [4.69, 9.17) is 4.74 Å². The Morgan fingerprint density at radius 1 is 1.00 bits per heavy atom. The van der Waals surface area contributed by atoms with Crippen molar-refractivity contribution >= 4 is 22.9 Å². The molecule has 1 amide bonds. The van der Waals surface area contributed by atoms with Crippen LogP contribution in [0.3, 0.4) is 0 Å². The Morgan fingerprint density at radius 3 is 2.42 bits per heavy atom. The summed E-state index contributed by atoms with van der Waals surface area (Å²) in [7, 11) is 1.55. The van der Waals surface area contributed by atoms with Gasteiger partial charge in [0.05, 0.1) is 24.6 Å². The minimum atomic E-state index is -0.0609. The van der Waals surface area contributed by atoms with Gasteiger partial charge in [-0.1, -0.05) is 36.4 Å². The predicted octanol–water partition coefficient (Wildman–Crippen LogP) is 3.35. The maximum atomic E-state index is 12.5. The molecule has 3 nitrogen and oxygen atoms in total. The Labute approximate surface area is 111 Å². The highest BCUT2D eigenvalue weighted by Gasteiger charge is 2.33. The van der Waals surface area contributed by atoms with Gasteiger partial charge in [-0.15, -0.1) is 0 Å². The van der Waals surface area contributed by atoms with Crippen molar-refractivity contribution in [3.05, 3.63) is 66.4 Å². The van der Waals surface area contributed by atoms with Crippen LogP contribution >= 0.6 is 0 Å². The van der Waals surface area contributed by atoms with Gasteiger partial charge in [0.2, 0.25) is 0 Å². The van der Waals surface area contributed by atoms with Gasteiger partial charge < -0.3 is 4.74 Å². The van der Waals surface area contributed by atoms with Crippen molar-refractivity contribution in [2.45, 2.75) is 0 Å². The van der Waals surface area contributed by atoms with Crippen LogP contribution in [0.1, 0.15) is 5.56 Å². The summed E-state index contributed by atoms with van der Waals surface area (Å²) < 4.78 is 5.03. The molecule has 0 N–H and O–H groups in total. The number of methoxy groups -OCH3 is 1. The fraction of sp³-hybridized carbons (Fsp3) is 0.0625. The van der Waals surface area contributed by atoms with Crippen LogP contribution in [-0.4, -0.2) is 13.0 Å². The molecule has 0 fully saturated rings. The molecule has 1 aliphatic rings. The van der Waals surface area contributed by atoms with E-state index in [1.54, 1.807) is 12.0 Å². The molecule has 0 saturated heterocycles. The van der Waals surface area contributed by atoms with Crippen LogP contribution in [0.4, 0.5) is 11.4 Å². The molecule has 0 aromatic heterocycles. The van der Waals surface area contributed by atoms with Crippen molar-refractivity contribution in [3.8, 4) is 0 Å². The number of carbonyl (C=O) groups is 1. The second-order valence-electron chi connectivity index (χ2n) is 4.26. The summed E-state index contributed by atoms with van der Waals surface area (Å²) in [5.74, 6) is -0.0609. The zero-order chi connectivity index (χ0) is 13.2. The third-order valence-corrected chi connectivity index (χ3v) is 3.12. The van der Waals surface area contributed by atoms with E-state index in [-0.39, 0.29) is 5.91 Å².